The van der Waals surface area contributed by atoms with E-state index in [-0.39, 0.29) is 17.4 Å². The Hall–Kier alpha value is -4.99. The molecule has 8 nitrogen and oxygen atoms in total. The zero-order valence-electron chi connectivity index (χ0n) is 25.3. The molecule has 0 saturated carbocycles. The Labute approximate surface area is 265 Å². The first-order valence-electron chi connectivity index (χ1n) is 14.8. The Kier molecular flexibility index (Phi) is 8.64. The van der Waals surface area contributed by atoms with Gasteiger partial charge in [0.25, 0.3) is 11.5 Å². The van der Waals surface area contributed by atoms with Gasteiger partial charge in [-0.05, 0) is 77.0 Å². The third-order valence-corrected chi connectivity index (χ3v) is 9.17. The maximum absolute atomic E-state index is 13.3. The number of ether oxygens (including phenoxy) is 1. The Balaban J connectivity index is 1.29. The van der Waals surface area contributed by atoms with E-state index < -0.39 is 0 Å². The topological polar surface area (TPSA) is 92.7 Å². The summed E-state index contributed by atoms with van der Waals surface area (Å²) in [5, 5.41) is 7.07. The zero-order valence-corrected chi connectivity index (χ0v) is 26.1. The van der Waals surface area contributed by atoms with Crippen LogP contribution in [0.5, 0.6) is 0 Å². The van der Waals surface area contributed by atoms with Crippen molar-refractivity contribution >= 4 is 50.3 Å². The first-order valence-corrected chi connectivity index (χ1v) is 15.6. The summed E-state index contributed by atoms with van der Waals surface area (Å²) in [6.45, 7) is 8.25. The molecule has 0 unspecified atom stereocenters. The van der Waals surface area contributed by atoms with Crippen LogP contribution in [0.3, 0.4) is 0 Å². The normalized spacial score (nSPS) is 13.1. The van der Waals surface area contributed by atoms with Crippen LogP contribution in [0.1, 0.15) is 26.4 Å². The number of nitrogens with one attached hydrogen (secondary N) is 2. The number of pyridine rings is 1. The van der Waals surface area contributed by atoms with Crippen LogP contribution < -0.4 is 21.1 Å². The number of anilines is 3. The van der Waals surface area contributed by atoms with Crippen LogP contribution in [0.2, 0.25) is 0 Å². The second-order valence-electron chi connectivity index (χ2n) is 11.1. The van der Waals surface area contributed by atoms with Crippen molar-refractivity contribution in [2.45, 2.75) is 13.3 Å². The maximum Gasteiger partial charge on any atom is 0.265 e. The quantitative estimate of drug-likeness (QED) is 0.197. The summed E-state index contributed by atoms with van der Waals surface area (Å²) in [4.78, 5) is 41.6. The monoisotopic (exact) mass is 618 g/mol. The van der Waals surface area contributed by atoms with Gasteiger partial charge in [-0.1, -0.05) is 43.0 Å². The molecule has 2 amide bonds. The van der Waals surface area contributed by atoms with Gasteiger partial charge in [0.15, 0.2) is 0 Å². The number of nitrogens with zero attached hydrogens (tertiary/aromatic N) is 2. The summed E-state index contributed by atoms with van der Waals surface area (Å²) < 4.78 is 8.16. The van der Waals surface area contributed by atoms with Gasteiger partial charge in [0.1, 0.15) is 0 Å². The Morgan fingerprint density at radius 1 is 0.978 bits per heavy atom. The van der Waals surface area contributed by atoms with Crippen molar-refractivity contribution in [3.05, 3.63) is 124 Å². The maximum atomic E-state index is 13.3. The largest absolute Gasteiger partial charge is 0.378 e. The summed E-state index contributed by atoms with van der Waals surface area (Å²) in [6, 6.07) is 23.5. The van der Waals surface area contributed by atoms with Crippen LogP contribution in [0, 0.1) is 6.92 Å². The van der Waals surface area contributed by atoms with Gasteiger partial charge in [-0.3, -0.25) is 14.4 Å². The molecular formula is C36H34N4O4S. The first kappa shape index (κ1) is 30.1. The molecule has 228 valence electrons. The number of carbonyl (C=O) groups excluding carboxylic acids is 2. The van der Waals surface area contributed by atoms with Gasteiger partial charge in [-0.15, -0.1) is 11.3 Å². The van der Waals surface area contributed by atoms with Crippen molar-refractivity contribution in [1.82, 2.24) is 4.57 Å². The van der Waals surface area contributed by atoms with Gasteiger partial charge in [0, 0.05) is 48.7 Å². The minimum Gasteiger partial charge on any atom is -0.378 e. The predicted octanol–water partition coefficient (Wildman–Crippen LogP) is 6.38. The number of benzene rings is 3. The fourth-order valence-corrected chi connectivity index (χ4v) is 6.65. The number of hydrogen-bond donors (Lipinski definition) is 2. The molecule has 1 saturated heterocycles. The molecule has 1 fully saturated rings. The lowest BCUT2D eigenvalue weighted by Crippen LogP contribution is -2.36. The molecule has 2 aromatic heterocycles. The number of aryl methyl sites for hydroxylation is 1. The fraction of sp³-hybridized carbons (Fsp3) is 0.194. The molecule has 45 heavy (non-hydrogen) atoms. The molecule has 9 heteroatoms. The third-order valence-electron chi connectivity index (χ3n) is 8.05. The zero-order chi connectivity index (χ0) is 31.5. The number of aromatic nitrogens is 1. The average Bonchev–Trinajstić information content (AvgIpc) is 3.49. The van der Waals surface area contributed by atoms with Crippen LogP contribution in [-0.2, 0) is 23.0 Å². The molecule has 5 aromatic rings. The van der Waals surface area contributed by atoms with Gasteiger partial charge in [0.2, 0.25) is 5.91 Å². The molecule has 0 bridgehead atoms. The van der Waals surface area contributed by atoms with Crippen molar-refractivity contribution in [2.24, 2.45) is 7.05 Å². The Bertz CT molecular complexity index is 1950. The van der Waals surface area contributed by atoms with E-state index >= 15 is 0 Å². The Morgan fingerprint density at radius 2 is 1.78 bits per heavy atom. The molecular weight excluding hydrogens is 584 g/mol. The molecule has 0 aliphatic carbocycles. The van der Waals surface area contributed by atoms with Crippen molar-refractivity contribution in [2.75, 3.05) is 41.8 Å². The van der Waals surface area contributed by atoms with Crippen LogP contribution in [0.4, 0.5) is 17.1 Å². The SMILES string of the molecule is C=CC(=O)Nc1cc(Cc2cc(-c3cccc(NC(=O)c4cc5ccccc5s4)c3C)cn(C)c2=O)ccc1N1CCOCC1. The number of fused-ring (bicyclic) bond motifs is 1. The van der Waals surface area contributed by atoms with Gasteiger partial charge >= 0.3 is 0 Å². The molecule has 3 heterocycles. The number of hydrogen-bond acceptors (Lipinski definition) is 6. The van der Waals surface area contributed by atoms with Crippen molar-refractivity contribution in [1.29, 1.82) is 0 Å². The number of morpholine rings is 1. The van der Waals surface area contributed by atoms with E-state index in [2.05, 4.69) is 22.1 Å². The van der Waals surface area contributed by atoms with E-state index in [1.165, 1.54) is 17.4 Å². The highest BCUT2D eigenvalue weighted by Gasteiger charge is 2.18. The highest BCUT2D eigenvalue weighted by Crippen LogP contribution is 2.32. The van der Waals surface area contributed by atoms with E-state index in [1.54, 1.807) is 11.6 Å². The number of thiophene rings is 1. The summed E-state index contributed by atoms with van der Waals surface area (Å²) in [5.41, 5.74) is 6.40. The van der Waals surface area contributed by atoms with Crippen LogP contribution in [-0.4, -0.2) is 42.7 Å². The Morgan fingerprint density at radius 3 is 2.56 bits per heavy atom. The minimum absolute atomic E-state index is 0.0976. The number of carbonyl (C=O) groups is 2. The molecule has 3 aromatic carbocycles. The molecule has 1 aliphatic rings. The summed E-state index contributed by atoms with van der Waals surface area (Å²) in [7, 11) is 1.75. The molecule has 1 aliphatic heterocycles. The number of amides is 2. The van der Waals surface area contributed by atoms with Gasteiger partial charge in [-0.25, -0.2) is 0 Å². The van der Waals surface area contributed by atoms with Crippen molar-refractivity contribution in [3.63, 3.8) is 0 Å². The van der Waals surface area contributed by atoms with Gasteiger partial charge < -0.3 is 24.8 Å². The lowest BCUT2D eigenvalue weighted by Gasteiger charge is -2.30. The van der Waals surface area contributed by atoms with E-state index in [1.807, 2.05) is 85.9 Å². The fourth-order valence-electron chi connectivity index (χ4n) is 5.69. The van der Waals surface area contributed by atoms with E-state index in [0.29, 0.717) is 41.4 Å². The predicted molar refractivity (Wildman–Crippen MR) is 183 cm³/mol. The minimum atomic E-state index is -0.297. The van der Waals surface area contributed by atoms with Crippen molar-refractivity contribution in [3.8, 4) is 11.1 Å². The van der Waals surface area contributed by atoms with E-state index in [9.17, 15) is 14.4 Å². The first-order chi connectivity index (χ1) is 21.8. The van der Waals surface area contributed by atoms with Crippen LogP contribution in [0.25, 0.3) is 21.2 Å². The highest BCUT2D eigenvalue weighted by molar-refractivity contribution is 7.20. The van der Waals surface area contributed by atoms with Crippen LogP contribution in [0.15, 0.2) is 96.4 Å². The second kappa shape index (κ2) is 12.9. The van der Waals surface area contributed by atoms with Gasteiger partial charge in [-0.2, -0.15) is 0 Å². The standard InChI is InChI=1S/C36H34N4O4S/c1-4-34(41)37-30-19-24(12-13-31(30)40-14-16-44-17-15-40)18-26-20-27(22-39(3)36(26)43)28-9-7-10-29(23(28)2)38-35(42)33-21-25-8-5-6-11-32(25)45-33/h4-13,19-22H,1,14-18H2,2-3H3,(H,37,41)(H,38,42). The van der Waals surface area contributed by atoms with Crippen LogP contribution >= 0.6 is 11.3 Å². The third kappa shape index (κ3) is 6.45. The van der Waals surface area contributed by atoms with E-state index in [4.69, 9.17) is 4.74 Å². The summed E-state index contributed by atoms with van der Waals surface area (Å²) >= 11 is 1.47. The molecule has 6 rings (SSSR count). The number of rotatable bonds is 8. The average molecular weight is 619 g/mol. The summed E-state index contributed by atoms with van der Waals surface area (Å²) in [6.07, 6.45) is 3.45. The molecule has 2 N–H and O–H groups in total. The smallest absolute Gasteiger partial charge is 0.265 e. The molecule has 0 radical (unpaired) electrons. The lowest BCUT2D eigenvalue weighted by molar-refractivity contribution is -0.111. The molecule has 0 atom stereocenters. The lowest BCUT2D eigenvalue weighted by atomic mass is 9.97. The molecule has 0 spiro atoms. The second-order valence-corrected chi connectivity index (χ2v) is 12.2. The van der Waals surface area contributed by atoms with E-state index in [0.717, 1.165) is 51.1 Å². The summed E-state index contributed by atoms with van der Waals surface area (Å²) in [5.74, 6) is -0.452. The van der Waals surface area contributed by atoms with Gasteiger partial charge in [0.05, 0.1) is 29.5 Å². The van der Waals surface area contributed by atoms with Crippen molar-refractivity contribution < 1.29 is 14.3 Å². The highest BCUT2D eigenvalue weighted by atomic mass is 32.1.